The second-order valence-electron chi connectivity index (χ2n) is 4.03. The molecule has 7 heteroatoms. The molecule has 0 aliphatic carbocycles. The molecule has 0 unspecified atom stereocenters. The summed E-state index contributed by atoms with van der Waals surface area (Å²) in [6.45, 7) is 0. The lowest BCUT2D eigenvalue weighted by Gasteiger charge is -2.09. The van der Waals surface area contributed by atoms with E-state index in [1.54, 1.807) is 12.1 Å². The van der Waals surface area contributed by atoms with Crippen molar-refractivity contribution in [1.82, 2.24) is 4.98 Å². The van der Waals surface area contributed by atoms with Crippen LogP contribution in [-0.2, 0) is 6.42 Å². The van der Waals surface area contributed by atoms with Gasteiger partial charge in [-0.25, -0.2) is 0 Å². The van der Waals surface area contributed by atoms with E-state index in [0.29, 0.717) is 22.0 Å². The highest BCUT2D eigenvalue weighted by Crippen LogP contribution is 2.27. The number of nitriles is 1. The molecule has 1 aromatic carbocycles. The number of aromatic nitrogens is 1. The summed E-state index contributed by atoms with van der Waals surface area (Å²) in [6.07, 6.45) is -4.66. The quantitative estimate of drug-likeness (QED) is 0.845. The number of ether oxygens (including phenoxy) is 1. The van der Waals surface area contributed by atoms with Gasteiger partial charge in [0.05, 0.1) is 28.9 Å². The Hall–Kier alpha value is -2.26. The summed E-state index contributed by atoms with van der Waals surface area (Å²) in [5.41, 5.74) is 1.54. The molecule has 2 aromatic rings. The van der Waals surface area contributed by atoms with E-state index in [1.165, 1.54) is 24.3 Å². The lowest BCUT2D eigenvalue weighted by molar-refractivity contribution is -0.274. The first kappa shape index (κ1) is 15.1. The second-order valence-corrected chi connectivity index (χ2v) is 4.44. The fraction of sp³-hybridized carbons (Fsp3) is 0.143. The normalized spacial score (nSPS) is 11.0. The standard InChI is InChI=1S/C14H8ClF3N2O/c15-11-5-6-12(20-13(11)7-8-19)9-1-3-10(4-2-9)21-14(16,17)18/h1-6H,7H2. The molecule has 0 bridgehead atoms. The first-order chi connectivity index (χ1) is 9.89. The van der Waals surface area contributed by atoms with Crippen molar-refractivity contribution < 1.29 is 17.9 Å². The molecule has 108 valence electrons. The van der Waals surface area contributed by atoms with E-state index >= 15 is 0 Å². The van der Waals surface area contributed by atoms with Crippen molar-refractivity contribution in [3.63, 3.8) is 0 Å². The van der Waals surface area contributed by atoms with Crippen LogP contribution in [-0.4, -0.2) is 11.3 Å². The minimum absolute atomic E-state index is 0.0575. The molecular weight excluding hydrogens is 305 g/mol. The molecule has 1 heterocycles. The highest BCUT2D eigenvalue weighted by Gasteiger charge is 2.30. The predicted molar refractivity (Wildman–Crippen MR) is 70.7 cm³/mol. The summed E-state index contributed by atoms with van der Waals surface area (Å²) in [7, 11) is 0. The second kappa shape index (κ2) is 6.02. The largest absolute Gasteiger partial charge is 0.573 e. The monoisotopic (exact) mass is 312 g/mol. The van der Waals surface area contributed by atoms with Gasteiger partial charge in [-0.2, -0.15) is 5.26 Å². The number of hydrogen-bond donors (Lipinski definition) is 0. The Kier molecular flexibility index (Phi) is 4.34. The van der Waals surface area contributed by atoms with E-state index in [0.717, 1.165) is 0 Å². The van der Waals surface area contributed by atoms with Gasteiger partial charge in [-0.05, 0) is 36.4 Å². The van der Waals surface area contributed by atoms with Gasteiger partial charge in [0.2, 0.25) is 0 Å². The van der Waals surface area contributed by atoms with Crippen LogP contribution in [0.3, 0.4) is 0 Å². The Morgan fingerprint density at radius 1 is 1.14 bits per heavy atom. The summed E-state index contributed by atoms with van der Waals surface area (Å²) in [5, 5.41) is 9.05. The zero-order valence-corrected chi connectivity index (χ0v) is 11.2. The summed E-state index contributed by atoms with van der Waals surface area (Å²) < 4.78 is 40.0. The molecule has 0 radical (unpaired) electrons. The molecule has 0 N–H and O–H groups in total. The number of rotatable bonds is 3. The minimum atomic E-state index is -4.72. The van der Waals surface area contributed by atoms with Crippen LogP contribution in [0.5, 0.6) is 5.75 Å². The van der Waals surface area contributed by atoms with Gasteiger partial charge in [0.25, 0.3) is 0 Å². The first-order valence-electron chi connectivity index (χ1n) is 5.77. The van der Waals surface area contributed by atoms with E-state index < -0.39 is 6.36 Å². The summed E-state index contributed by atoms with van der Waals surface area (Å²) in [6, 6.07) is 10.5. The predicted octanol–water partition coefficient (Wildman–Crippen LogP) is 4.37. The van der Waals surface area contributed by atoms with Gasteiger partial charge in [0.1, 0.15) is 5.75 Å². The van der Waals surface area contributed by atoms with Gasteiger partial charge in [0.15, 0.2) is 0 Å². The maximum Gasteiger partial charge on any atom is 0.573 e. The minimum Gasteiger partial charge on any atom is -0.406 e. The zero-order chi connectivity index (χ0) is 15.5. The number of pyridine rings is 1. The Balaban J connectivity index is 2.27. The lowest BCUT2D eigenvalue weighted by atomic mass is 10.1. The van der Waals surface area contributed by atoms with E-state index in [4.69, 9.17) is 16.9 Å². The highest BCUT2D eigenvalue weighted by molar-refractivity contribution is 6.31. The molecule has 0 spiro atoms. The van der Waals surface area contributed by atoms with Crippen molar-refractivity contribution in [3.05, 3.63) is 47.1 Å². The molecule has 0 amide bonds. The molecule has 0 fully saturated rings. The third-order valence-corrected chi connectivity index (χ3v) is 2.89. The molecule has 1 aromatic heterocycles. The van der Waals surface area contributed by atoms with Crippen LogP contribution in [0, 0.1) is 11.3 Å². The smallest absolute Gasteiger partial charge is 0.406 e. The van der Waals surface area contributed by atoms with Crippen LogP contribution < -0.4 is 4.74 Å². The van der Waals surface area contributed by atoms with E-state index in [9.17, 15) is 13.2 Å². The Morgan fingerprint density at radius 3 is 2.38 bits per heavy atom. The highest BCUT2D eigenvalue weighted by atomic mass is 35.5. The van der Waals surface area contributed by atoms with Crippen molar-refractivity contribution in [2.45, 2.75) is 12.8 Å². The number of hydrogen-bond acceptors (Lipinski definition) is 3. The maximum absolute atomic E-state index is 12.1. The molecule has 0 atom stereocenters. The Labute approximate surface area is 123 Å². The zero-order valence-electron chi connectivity index (χ0n) is 10.5. The third-order valence-electron chi connectivity index (χ3n) is 2.55. The van der Waals surface area contributed by atoms with Crippen molar-refractivity contribution in [3.8, 4) is 23.1 Å². The average molecular weight is 313 g/mol. The van der Waals surface area contributed by atoms with Crippen molar-refractivity contribution in [1.29, 1.82) is 5.26 Å². The van der Waals surface area contributed by atoms with E-state index in [-0.39, 0.29) is 12.2 Å². The molecule has 0 saturated heterocycles. The number of nitrogens with zero attached hydrogens (tertiary/aromatic N) is 2. The third kappa shape index (κ3) is 4.10. The van der Waals surface area contributed by atoms with Crippen molar-refractivity contribution in [2.75, 3.05) is 0 Å². The summed E-state index contributed by atoms with van der Waals surface area (Å²) in [4.78, 5) is 4.22. The molecule has 21 heavy (non-hydrogen) atoms. The number of alkyl halides is 3. The summed E-state index contributed by atoms with van der Waals surface area (Å²) in [5.74, 6) is -0.308. The van der Waals surface area contributed by atoms with Crippen LogP contribution in [0.2, 0.25) is 5.02 Å². The van der Waals surface area contributed by atoms with Crippen molar-refractivity contribution >= 4 is 11.6 Å². The SMILES string of the molecule is N#CCc1nc(-c2ccc(OC(F)(F)F)cc2)ccc1Cl. The maximum atomic E-state index is 12.1. The number of benzene rings is 1. The van der Waals surface area contributed by atoms with Crippen LogP contribution in [0.15, 0.2) is 36.4 Å². The van der Waals surface area contributed by atoms with Gasteiger partial charge in [-0.1, -0.05) is 11.6 Å². The first-order valence-corrected chi connectivity index (χ1v) is 6.15. The molecular formula is C14H8ClF3N2O. The Morgan fingerprint density at radius 2 is 1.81 bits per heavy atom. The van der Waals surface area contributed by atoms with E-state index in [2.05, 4.69) is 9.72 Å². The topological polar surface area (TPSA) is 45.9 Å². The molecule has 0 saturated carbocycles. The van der Waals surface area contributed by atoms with Gasteiger partial charge >= 0.3 is 6.36 Å². The van der Waals surface area contributed by atoms with Gasteiger partial charge < -0.3 is 4.74 Å². The fourth-order valence-electron chi connectivity index (χ4n) is 1.67. The molecule has 0 aliphatic heterocycles. The van der Waals surface area contributed by atoms with Crippen LogP contribution in [0.4, 0.5) is 13.2 Å². The molecule has 0 aliphatic rings. The fourth-order valence-corrected chi connectivity index (χ4v) is 1.84. The van der Waals surface area contributed by atoms with Gasteiger partial charge in [0, 0.05) is 5.56 Å². The van der Waals surface area contributed by atoms with Crippen LogP contribution in [0.25, 0.3) is 11.3 Å². The molecule has 3 nitrogen and oxygen atoms in total. The van der Waals surface area contributed by atoms with E-state index in [1.807, 2.05) is 6.07 Å². The average Bonchev–Trinajstić information content (AvgIpc) is 2.41. The van der Waals surface area contributed by atoms with Gasteiger partial charge in [-0.15, -0.1) is 13.2 Å². The molecule has 2 rings (SSSR count). The lowest BCUT2D eigenvalue weighted by Crippen LogP contribution is -2.16. The van der Waals surface area contributed by atoms with Gasteiger partial charge in [-0.3, -0.25) is 4.98 Å². The van der Waals surface area contributed by atoms with Crippen LogP contribution >= 0.6 is 11.6 Å². The Bertz CT molecular complexity index is 678. The number of halogens is 4. The van der Waals surface area contributed by atoms with Crippen molar-refractivity contribution in [2.24, 2.45) is 0 Å². The summed E-state index contributed by atoms with van der Waals surface area (Å²) >= 11 is 5.90. The van der Waals surface area contributed by atoms with Crippen LogP contribution in [0.1, 0.15) is 5.69 Å².